The summed E-state index contributed by atoms with van der Waals surface area (Å²) in [5.74, 6) is 1.22. The summed E-state index contributed by atoms with van der Waals surface area (Å²) in [6.07, 6.45) is -0.426. The molecule has 1 N–H and O–H groups in total. The van der Waals surface area contributed by atoms with Crippen molar-refractivity contribution in [3.8, 4) is 11.5 Å². The van der Waals surface area contributed by atoms with Crippen LogP contribution in [0.4, 0.5) is 4.79 Å². The van der Waals surface area contributed by atoms with E-state index in [1.807, 2.05) is 99.6 Å². The number of amides is 1. The van der Waals surface area contributed by atoms with E-state index in [1.54, 1.807) is 4.90 Å². The highest BCUT2D eigenvalue weighted by molar-refractivity contribution is 5.68. The van der Waals surface area contributed by atoms with Gasteiger partial charge >= 0.3 is 6.09 Å². The molecule has 43 heavy (non-hydrogen) atoms. The maximum absolute atomic E-state index is 13.1. The summed E-state index contributed by atoms with van der Waals surface area (Å²) in [4.78, 5) is 14.7. The first-order valence-electron chi connectivity index (χ1n) is 14.6. The highest BCUT2D eigenvalue weighted by atomic mass is 16.6. The maximum atomic E-state index is 13.1. The van der Waals surface area contributed by atoms with Crippen LogP contribution < -0.4 is 9.47 Å². The Labute approximate surface area is 255 Å². The number of hydrogen-bond acceptors (Lipinski definition) is 8. The molecule has 0 radical (unpaired) electrons. The standard InChI is InChI=1S/C34H45NO8/c1-34(2,3)43-33(37)35(16-18-38-20-22-40-23-21-39-19-17-36)25-30-14-15-31(41-26-28-10-6-4-7-11-28)32(24-30)42-27-29-12-8-5-9-13-29/h4-15,24,36H,16-23,25-27H2,1-3H3. The van der Waals surface area contributed by atoms with E-state index >= 15 is 0 Å². The zero-order chi connectivity index (χ0) is 30.8. The van der Waals surface area contributed by atoms with Crippen molar-refractivity contribution in [2.45, 2.75) is 46.1 Å². The Balaban J connectivity index is 1.64. The second kappa shape index (κ2) is 18.8. The van der Waals surface area contributed by atoms with Gasteiger partial charge < -0.3 is 38.4 Å². The van der Waals surface area contributed by atoms with Crippen molar-refractivity contribution in [1.82, 2.24) is 4.90 Å². The van der Waals surface area contributed by atoms with Gasteiger partial charge in [0, 0.05) is 13.1 Å². The molecule has 9 heteroatoms. The van der Waals surface area contributed by atoms with Crippen LogP contribution in [0.25, 0.3) is 0 Å². The molecule has 0 aliphatic carbocycles. The van der Waals surface area contributed by atoms with Crippen molar-refractivity contribution in [1.29, 1.82) is 0 Å². The number of rotatable bonds is 19. The van der Waals surface area contributed by atoms with E-state index in [9.17, 15) is 4.79 Å². The van der Waals surface area contributed by atoms with E-state index in [0.717, 1.165) is 16.7 Å². The largest absolute Gasteiger partial charge is 0.485 e. The Morgan fingerprint density at radius 2 is 1.21 bits per heavy atom. The fourth-order valence-electron chi connectivity index (χ4n) is 3.92. The summed E-state index contributed by atoms with van der Waals surface area (Å²) in [7, 11) is 0. The van der Waals surface area contributed by atoms with Gasteiger partial charge in [0.1, 0.15) is 18.8 Å². The van der Waals surface area contributed by atoms with E-state index in [1.165, 1.54) is 0 Å². The highest BCUT2D eigenvalue weighted by Crippen LogP contribution is 2.31. The van der Waals surface area contributed by atoms with Gasteiger partial charge in [-0.15, -0.1) is 0 Å². The van der Waals surface area contributed by atoms with E-state index in [2.05, 4.69) is 0 Å². The molecule has 0 unspecified atom stereocenters. The SMILES string of the molecule is CC(C)(C)OC(=O)N(CCOCCOCCOCCO)Cc1ccc(OCc2ccccc2)c(OCc2ccccc2)c1. The van der Waals surface area contributed by atoms with Crippen LogP contribution in [0.2, 0.25) is 0 Å². The molecule has 0 saturated heterocycles. The molecule has 3 aromatic carbocycles. The van der Waals surface area contributed by atoms with Gasteiger partial charge in [0.15, 0.2) is 11.5 Å². The lowest BCUT2D eigenvalue weighted by molar-refractivity contribution is -0.00235. The molecule has 0 saturated carbocycles. The Morgan fingerprint density at radius 1 is 0.674 bits per heavy atom. The molecule has 9 nitrogen and oxygen atoms in total. The molecule has 0 atom stereocenters. The van der Waals surface area contributed by atoms with Crippen LogP contribution >= 0.6 is 0 Å². The Hall–Kier alpha value is -3.63. The minimum absolute atomic E-state index is 0.00847. The van der Waals surface area contributed by atoms with Gasteiger partial charge in [0.25, 0.3) is 0 Å². The minimum Gasteiger partial charge on any atom is -0.485 e. The Kier molecular flexibility index (Phi) is 14.8. The van der Waals surface area contributed by atoms with E-state index in [-0.39, 0.29) is 6.61 Å². The Morgan fingerprint density at radius 3 is 1.77 bits per heavy atom. The predicted molar refractivity (Wildman–Crippen MR) is 164 cm³/mol. The molecule has 0 aromatic heterocycles. The predicted octanol–water partition coefficient (Wildman–Crippen LogP) is 5.62. The number of ether oxygens (including phenoxy) is 6. The lowest BCUT2D eigenvalue weighted by atomic mass is 10.1. The molecular formula is C34H45NO8. The third-order valence-corrected chi connectivity index (χ3v) is 5.99. The molecule has 0 fully saturated rings. The summed E-state index contributed by atoms with van der Waals surface area (Å²) >= 11 is 0. The molecule has 0 aliphatic rings. The topological polar surface area (TPSA) is 95.9 Å². The van der Waals surface area contributed by atoms with Crippen molar-refractivity contribution in [2.75, 3.05) is 52.8 Å². The Bertz CT molecular complexity index is 1180. The van der Waals surface area contributed by atoms with Crippen LogP contribution in [-0.4, -0.2) is 74.5 Å². The van der Waals surface area contributed by atoms with Gasteiger partial charge in [-0.1, -0.05) is 66.7 Å². The minimum atomic E-state index is -0.638. The average Bonchev–Trinajstić information content (AvgIpc) is 3.00. The molecule has 0 heterocycles. The first kappa shape index (κ1) is 33.9. The fraction of sp³-hybridized carbons (Fsp3) is 0.441. The highest BCUT2D eigenvalue weighted by Gasteiger charge is 2.23. The lowest BCUT2D eigenvalue weighted by Gasteiger charge is -2.27. The van der Waals surface area contributed by atoms with Crippen LogP contribution in [0, 0.1) is 0 Å². The summed E-state index contributed by atoms with van der Waals surface area (Å²) in [5, 5.41) is 8.72. The van der Waals surface area contributed by atoms with Gasteiger partial charge in [0.2, 0.25) is 0 Å². The molecule has 3 rings (SSSR count). The number of hydrogen-bond donors (Lipinski definition) is 1. The van der Waals surface area contributed by atoms with E-state index in [4.69, 9.17) is 33.5 Å². The first-order valence-corrected chi connectivity index (χ1v) is 14.6. The van der Waals surface area contributed by atoms with Crippen LogP contribution in [0.1, 0.15) is 37.5 Å². The van der Waals surface area contributed by atoms with Crippen LogP contribution in [0.3, 0.4) is 0 Å². The molecule has 3 aromatic rings. The van der Waals surface area contributed by atoms with Crippen molar-refractivity contribution >= 4 is 6.09 Å². The molecule has 0 bridgehead atoms. The smallest absolute Gasteiger partial charge is 0.410 e. The third-order valence-electron chi connectivity index (χ3n) is 5.99. The second-order valence-corrected chi connectivity index (χ2v) is 10.8. The molecule has 0 spiro atoms. The quantitative estimate of drug-likeness (QED) is 0.178. The lowest BCUT2D eigenvalue weighted by Crippen LogP contribution is -2.38. The van der Waals surface area contributed by atoms with Crippen LogP contribution in [0.5, 0.6) is 11.5 Å². The van der Waals surface area contributed by atoms with Crippen LogP contribution in [0.15, 0.2) is 78.9 Å². The number of carbonyl (C=O) groups is 1. The van der Waals surface area contributed by atoms with Gasteiger partial charge in [-0.25, -0.2) is 4.79 Å². The summed E-state index contributed by atoms with van der Waals surface area (Å²) in [5.41, 5.74) is 2.32. The molecule has 1 amide bonds. The normalized spacial score (nSPS) is 11.3. The summed E-state index contributed by atoms with van der Waals surface area (Å²) in [6, 6.07) is 25.6. The number of aliphatic hydroxyl groups is 1. The van der Waals surface area contributed by atoms with Gasteiger partial charge in [-0.2, -0.15) is 0 Å². The average molecular weight is 596 g/mol. The number of carbonyl (C=O) groups excluding carboxylic acids is 1. The van der Waals surface area contributed by atoms with Crippen molar-refractivity contribution in [2.24, 2.45) is 0 Å². The van der Waals surface area contributed by atoms with Crippen molar-refractivity contribution in [3.63, 3.8) is 0 Å². The first-order chi connectivity index (χ1) is 20.8. The van der Waals surface area contributed by atoms with Crippen molar-refractivity contribution in [3.05, 3.63) is 95.6 Å². The molecular weight excluding hydrogens is 550 g/mol. The summed E-state index contributed by atoms with van der Waals surface area (Å²) < 4.78 is 34.4. The zero-order valence-corrected chi connectivity index (χ0v) is 25.5. The van der Waals surface area contributed by atoms with Gasteiger partial charge in [-0.05, 0) is 49.6 Å². The number of aliphatic hydroxyl groups excluding tert-OH is 1. The van der Waals surface area contributed by atoms with E-state index in [0.29, 0.717) is 77.4 Å². The fourth-order valence-corrected chi connectivity index (χ4v) is 3.92. The summed E-state index contributed by atoms with van der Waals surface area (Å²) in [6.45, 7) is 9.18. The zero-order valence-electron chi connectivity index (χ0n) is 25.5. The van der Waals surface area contributed by atoms with Gasteiger partial charge in [0.05, 0.1) is 46.2 Å². The van der Waals surface area contributed by atoms with E-state index < -0.39 is 11.7 Å². The molecule has 234 valence electrons. The molecule has 0 aliphatic heterocycles. The maximum Gasteiger partial charge on any atom is 0.410 e. The number of nitrogens with zero attached hydrogens (tertiary/aromatic N) is 1. The number of benzene rings is 3. The van der Waals surface area contributed by atoms with Crippen LogP contribution in [-0.2, 0) is 38.7 Å². The third kappa shape index (κ3) is 13.9. The van der Waals surface area contributed by atoms with Crippen molar-refractivity contribution < 1.29 is 38.3 Å². The monoisotopic (exact) mass is 595 g/mol. The second-order valence-electron chi connectivity index (χ2n) is 10.8. The van der Waals surface area contributed by atoms with Gasteiger partial charge in [-0.3, -0.25) is 0 Å².